The number of carbonyl (C=O) groups excluding carboxylic acids is 1. The molecular weight excluding hydrogens is 489 g/mol. The number of rotatable bonds is 7. The molecule has 3 aromatic rings. The van der Waals surface area contributed by atoms with E-state index >= 15 is 4.39 Å². The van der Waals surface area contributed by atoms with Crippen LogP contribution < -0.4 is 14.2 Å². The molecule has 2 aliphatic rings. The van der Waals surface area contributed by atoms with Gasteiger partial charge >= 0.3 is 0 Å². The third kappa shape index (κ3) is 5.18. The highest BCUT2D eigenvalue weighted by Crippen LogP contribution is 2.51. The van der Waals surface area contributed by atoms with Gasteiger partial charge in [0, 0.05) is 11.6 Å². The summed E-state index contributed by atoms with van der Waals surface area (Å²) >= 11 is 0. The van der Waals surface area contributed by atoms with Crippen molar-refractivity contribution in [2.45, 2.75) is 45.6 Å². The maximum absolute atomic E-state index is 15.0. The zero-order valence-electron chi connectivity index (χ0n) is 21.2. The second kappa shape index (κ2) is 10.1. The second-order valence-corrected chi connectivity index (χ2v) is 11.4. The van der Waals surface area contributed by atoms with Crippen molar-refractivity contribution < 1.29 is 22.9 Å². The van der Waals surface area contributed by atoms with E-state index in [1.165, 1.54) is 12.1 Å². The van der Waals surface area contributed by atoms with E-state index in [9.17, 15) is 9.00 Å². The van der Waals surface area contributed by atoms with Crippen LogP contribution in [0.25, 0.3) is 16.0 Å². The highest BCUT2D eigenvalue weighted by atomic mass is 32.2. The summed E-state index contributed by atoms with van der Waals surface area (Å²) in [5.41, 5.74) is 4.31. The molecule has 0 bridgehead atoms. The summed E-state index contributed by atoms with van der Waals surface area (Å²) in [6.07, 6.45) is 4.66. The van der Waals surface area contributed by atoms with E-state index in [-0.39, 0.29) is 17.1 Å². The molecule has 5 nitrogen and oxygen atoms in total. The predicted octanol–water partition coefficient (Wildman–Crippen LogP) is 6.51. The van der Waals surface area contributed by atoms with Crippen molar-refractivity contribution in [2.24, 2.45) is 5.41 Å². The van der Waals surface area contributed by atoms with Gasteiger partial charge in [0.2, 0.25) is 0 Å². The SMILES string of the molecule is COc1ccc(F)c(-c2ccc(COc3cccc(C4=CC(=O)NS4=O)c3)cc2[C@@H]2CCCC2(C)C)c1. The van der Waals surface area contributed by atoms with E-state index in [0.29, 0.717) is 40.1 Å². The molecular formula is C30H30FNO4S. The molecule has 1 fully saturated rings. The van der Waals surface area contributed by atoms with Crippen LogP contribution in [0.1, 0.15) is 55.7 Å². The van der Waals surface area contributed by atoms with Gasteiger partial charge in [-0.25, -0.2) is 8.60 Å². The maximum Gasteiger partial charge on any atom is 0.257 e. The second-order valence-electron chi connectivity index (χ2n) is 10.3. The van der Waals surface area contributed by atoms with Gasteiger partial charge in [-0.3, -0.25) is 9.52 Å². The van der Waals surface area contributed by atoms with Crippen molar-refractivity contribution in [1.82, 2.24) is 4.72 Å². The molecule has 1 N–H and O–H groups in total. The van der Waals surface area contributed by atoms with Crippen LogP contribution in [0.15, 0.2) is 66.7 Å². The average molecular weight is 520 g/mol. The number of amides is 1. The van der Waals surface area contributed by atoms with Crippen molar-refractivity contribution in [2.75, 3.05) is 7.11 Å². The molecule has 2 atom stereocenters. The van der Waals surface area contributed by atoms with Gasteiger partial charge in [-0.05, 0) is 76.8 Å². The molecule has 0 saturated heterocycles. The van der Waals surface area contributed by atoms with Gasteiger partial charge in [0.1, 0.15) is 23.9 Å². The van der Waals surface area contributed by atoms with E-state index in [4.69, 9.17) is 9.47 Å². The molecule has 1 amide bonds. The van der Waals surface area contributed by atoms with Crippen LogP contribution in [0, 0.1) is 11.2 Å². The first-order valence-corrected chi connectivity index (χ1v) is 13.5. The molecule has 0 spiro atoms. The average Bonchev–Trinajstić information content (AvgIpc) is 3.42. The molecule has 1 saturated carbocycles. The van der Waals surface area contributed by atoms with E-state index in [2.05, 4.69) is 24.6 Å². The normalized spacial score (nSPS) is 20.4. The van der Waals surface area contributed by atoms with Gasteiger partial charge < -0.3 is 9.47 Å². The summed E-state index contributed by atoms with van der Waals surface area (Å²) in [7, 11) is 0.0250. The number of benzene rings is 3. The molecule has 1 unspecified atom stereocenters. The van der Waals surface area contributed by atoms with E-state index in [1.54, 1.807) is 31.4 Å². The third-order valence-corrected chi connectivity index (χ3v) is 8.53. The minimum absolute atomic E-state index is 0.105. The van der Waals surface area contributed by atoms with E-state index < -0.39 is 11.0 Å². The smallest absolute Gasteiger partial charge is 0.257 e. The minimum Gasteiger partial charge on any atom is -0.497 e. The van der Waals surface area contributed by atoms with Gasteiger partial charge in [0.15, 0.2) is 11.0 Å². The fourth-order valence-electron chi connectivity index (χ4n) is 5.42. The van der Waals surface area contributed by atoms with Crippen molar-refractivity contribution in [3.8, 4) is 22.6 Å². The van der Waals surface area contributed by atoms with Gasteiger partial charge in [-0.1, -0.05) is 50.6 Å². The highest BCUT2D eigenvalue weighted by molar-refractivity contribution is 7.93. The number of methoxy groups -OCH3 is 1. The number of ether oxygens (including phenoxy) is 2. The van der Waals surface area contributed by atoms with Crippen LogP contribution in [-0.2, 0) is 22.4 Å². The summed E-state index contributed by atoms with van der Waals surface area (Å²) in [4.78, 5) is 12.0. The first-order valence-electron chi connectivity index (χ1n) is 12.4. The Hall–Kier alpha value is -3.45. The third-order valence-electron chi connectivity index (χ3n) is 7.39. The molecule has 5 rings (SSSR count). The number of nitrogens with one attached hydrogen (secondary N) is 1. The number of hydrogen-bond acceptors (Lipinski definition) is 4. The Labute approximate surface area is 219 Å². The standard InChI is InChI=1S/C30H30FNO4S/c1-30(2)13-5-8-26(30)24-14-19(9-11-23(24)25-16-21(35-3)10-12-27(25)31)18-36-22-7-4-6-20(15-22)28-17-29(33)32-37(28)34/h4,6-7,9-12,14-17,26H,5,8,13,18H2,1-3H3,(H,32,33)/t26-,37?/m0/s1. The summed E-state index contributed by atoms with van der Waals surface area (Å²) in [5.74, 6) is 0.890. The molecule has 37 heavy (non-hydrogen) atoms. The number of carbonyl (C=O) groups is 1. The predicted molar refractivity (Wildman–Crippen MR) is 144 cm³/mol. The molecule has 0 aromatic heterocycles. The van der Waals surface area contributed by atoms with Crippen LogP contribution in [0.4, 0.5) is 4.39 Å². The first-order chi connectivity index (χ1) is 17.7. The highest BCUT2D eigenvalue weighted by Gasteiger charge is 2.37. The lowest BCUT2D eigenvalue weighted by molar-refractivity contribution is -0.114. The van der Waals surface area contributed by atoms with Gasteiger partial charge in [0.05, 0.1) is 12.0 Å². The molecule has 0 radical (unpaired) electrons. The molecule has 1 heterocycles. The van der Waals surface area contributed by atoms with Crippen molar-refractivity contribution in [3.05, 3.63) is 89.2 Å². The Bertz CT molecular complexity index is 1410. The Balaban J connectivity index is 1.46. The lowest BCUT2D eigenvalue weighted by atomic mass is 9.75. The monoisotopic (exact) mass is 519 g/mol. The lowest BCUT2D eigenvalue weighted by Gasteiger charge is -2.30. The van der Waals surface area contributed by atoms with Crippen molar-refractivity contribution >= 4 is 21.8 Å². The van der Waals surface area contributed by atoms with Gasteiger partial charge in [-0.2, -0.15) is 0 Å². The summed E-state index contributed by atoms with van der Waals surface area (Å²) in [6, 6.07) is 18.2. The molecule has 192 valence electrons. The van der Waals surface area contributed by atoms with Crippen LogP contribution in [0.3, 0.4) is 0 Å². The van der Waals surface area contributed by atoms with E-state index in [1.807, 2.05) is 24.3 Å². The zero-order chi connectivity index (χ0) is 26.2. The van der Waals surface area contributed by atoms with Crippen LogP contribution in [0.2, 0.25) is 0 Å². The number of halogens is 1. The van der Waals surface area contributed by atoms with Crippen molar-refractivity contribution in [1.29, 1.82) is 0 Å². The van der Waals surface area contributed by atoms with Gasteiger partial charge in [0.25, 0.3) is 5.91 Å². The Morgan fingerprint density at radius 1 is 1.05 bits per heavy atom. The van der Waals surface area contributed by atoms with Gasteiger partial charge in [-0.15, -0.1) is 0 Å². The fourth-order valence-corrected chi connectivity index (χ4v) is 6.33. The summed E-state index contributed by atoms with van der Waals surface area (Å²) in [5, 5.41) is 0. The zero-order valence-corrected chi connectivity index (χ0v) is 22.0. The Morgan fingerprint density at radius 3 is 2.59 bits per heavy atom. The Morgan fingerprint density at radius 2 is 1.89 bits per heavy atom. The Kier molecular flexibility index (Phi) is 6.90. The molecule has 3 aromatic carbocycles. The van der Waals surface area contributed by atoms with Crippen LogP contribution >= 0.6 is 0 Å². The van der Waals surface area contributed by atoms with Crippen LogP contribution in [-0.4, -0.2) is 17.2 Å². The number of hydrogen-bond donors (Lipinski definition) is 1. The van der Waals surface area contributed by atoms with Crippen molar-refractivity contribution in [3.63, 3.8) is 0 Å². The summed E-state index contributed by atoms with van der Waals surface area (Å²) < 4.78 is 41.0. The molecule has 1 aliphatic carbocycles. The molecule has 7 heteroatoms. The lowest BCUT2D eigenvalue weighted by Crippen LogP contribution is -2.17. The van der Waals surface area contributed by atoms with Crippen LogP contribution in [0.5, 0.6) is 11.5 Å². The quantitative estimate of drug-likeness (QED) is 0.387. The largest absolute Gasteiger partial charge is 0.497 e. The first kappa shape index (κ1) is 25.2. The topological polar surface area (TPSA) is 64.6 Å². The fraction of sp³-hybridized carbons (Fsp3) is 0.300. The molecule has 1 aliphatic heterocycles. The van der Waals surface area contributed by atoms with E-state index in [0.717, 1.165) is 36.0 Å². The maximum atomic E-state index is 15.0. The minimum atomic E-state index is -1.56. The summed E-state index contributed by atoms with van der Waals surface area (Å²) in [6.45, 7) is 4.89.